The third-order valence-corrected chi connectivity index (χ3v) is 4.80. The van der Waals surface area contributed by atoms with Crippen LogP contribution in [0.3, 0.4) is 0 Å². The Hall–Kier alpha value is -2.73. The molecule has 6 heteroatoms. The van der Waals surface area contributed by atoms with Gasteiger partial charge in [0.05, 0.1) is 5.25 Å². The number of nitrogens with zero attached hydrogens (tertiary/aromatic N) is 3. The number of rotatable bonds is 6. The Kier molecular flexibility index (Phi) is 6.19. The van der Waals surface area contributed by atoms with Crippen molar-refractivity contribution in [2.24, 2.45) is 0 Å². The normalized spacial score (nSPS) is 12.0. The first-order valence-corrected chi connectivity index (χ1v) is 9.75. The molecule has 5 nitrogen and oxygen atoms in total. The standard InChI is InChI=1S/C21H22N4OS/c1-14(2)22-20(26)15(3)27-21-23-18(16-10-6-4-7-11-16)19(24-25-21)17-12-8-5-9-13-17/h4-15H,1-3H3,(H,22,26). The van der Waals surface area contributed by atoms with E-state index in [1.165, 1.54) is 11.8 Å². The lowest BCUT2D eigenvalue weighted by Crippen LogP contribution is -2.36. The molecule has 0 spiro atoms. The summed E-state index contributed by atoms with van der Waals surface area (Å²) in [4.78, 5) is 16.9. The van der Waals surface area contributed by atoms with Gasteiger partial charge in [-0.1, -0.05) is 72.4 Å². The first-order chi connectivity index (χ1) is 13.0. The molecule has 0 saturated carbocycles. The zero-order valence-corrected chi connectivity index (χ0v) is 16.4. The average Bonchev–Trinajstić information content (AvgIpc) is 2.69. The SMILES string of the molecule is CC(C)NC(=O)C(C)Sc1nnc(-c2ccccc2)c(-c2ccccc2)n1. The van der Waals surface area contributed by atoms with E-state index in [-0.39, 0.29) is 17.2 Å². The summed E-state index contributed by atoms with van der Waals surface area (Å²) in [5.41, 5.74) is 3.41. The Bertz CT molecular complexity index is 901. The lowest BCUT2D eigenvalue weighted by molar-refractivity contribution is -0.120. The molecule has 0 fully saturated rings. The molecule has 1 unspecified atom stereocenters. The monoisotopic (exact) mass is 378 g/mol. The minimum absolute atomic E-state index is 0.0352. The maximum Gasteiger partial charge on any atom is 0.233 e. The predicted molar refractivity (Wildman–Crippen MR) is 109 cm³/mol. The van der Waals surface area contributed by atoms with Crippen molar-refractivity contribution in [1.82, 2.24) is 20.5 Å². The lowest BCUT2D eigenvalue weighted by atomic mass is 10.0. The largest absolute Gasteiger partial charge is 0.353 e. The fourth-order valence-electron chi connectivity index (χ4n) is 2.56. The molecule has 0 aliphatic rings. The molecule has 27 heavy (non-hydrogen) atoms. The van der Waals surface area contributed by atoms with Gasteiger partial charge in [-0.15, -0.1) is 10.2 Å². The number of benzene rings is 2. The van der Waals surface area contributed by atoms with Crippen LogP contribution in [0.2, 0.25) is 0 Å². The van der Waals surface area contributed by atoms with Gasteiger partial charge in [-0.05, 0) is 20.8 Å². The van der Waals surface area contributed by atoms with Crippen molar-refractivity contribution in [3.63, 3.8) is 0 Å². The molecule has 1 N–H and O–H groups in total. The third kappa shape index (κ3) is 4.92. The van der Waals surface area contributed by atoms with Gasteiger partial charge in [0.25, 0.3) is 0 Å². The fraction of sp³-hybridized carbons (Fsp3) is 0.238. The van der Waals surface area contributed by atoms with Crippen LogP contribution >= 0.6 is 11.8 Å². The summed E-state index contributed by atoms with van der Waals surface area (Å²) < 4.78 is 0. The predicted octanol–water partition coefficient (Wildman–Crippen LogP) is 4.21. The summed E-state index contributed by atoms with van der Waals surface area (Å²) in [6.07, 6.45) is 0. The molecule has 3 rings (SSSR count). The van der Waals surface area contributed by atoms with E-state index in [1.807, 2.05) is 81.4 Å². The van der Waals surface area contributed by atoms with Crippen LogP contribution in [0.25, 0.3) is 22.5 Å². The topological polar surface area (TPSA) is 67.8 Å². The highest BCUT2D eigenvalue weighted by Crippen LogP contribution is 2.30. The van der Waals surface area contributed by atoms with Gasteiger partial charge in [-0.25, -0.2) is 4.98 Å². The third-order valence-electron chi connectivity index (χ3n) is 3.84. The van der Waals surface area contributed by atoms with Crippen molar-refractivity contribution in [3.05, 3.63) is 60.7 Å². The number of nitrogens with one attached hydrogen (secondary N) is 1. The van der Waals surface area contributed by atoms with Crippen LogP contribution < -0.4 is 5.32 Å². The van der Waals surface area contributed by atoms with Gasteiger partial charge in [0.1, 0.15) is 11.4 Å². The summed E-state index contributed by atoms with van der Waals surface area (Å²) in [5.74, 6) is -0.0352. The second-order valence-electron chi connectivity index (χ2n) is 6.45. The van der Waals surface area contributed by atoms with E-state index in [4.69, 9.17) is 4.98 Å². The Labute approximate surface area is 163 Å². The van der Waals surface area contributed by atoms with Gasteiger partial charge in [-0.2, -0.15) is 0 Å². The molecule has 1 aromatic heterocycles. The van der Waals surface area contributed by atoms with E-state index in [2.05, 4.69) is 15.5 Å². The Morgan fingerprint density at radius 2 is 1.41 bits per heavy atom. The van der Waals surface area contributed by atoms with Crippen molar-refractivity contribution >= 4 is 17.7 Å². The number of carbonyl (C=O) groups is 1. The van der Waals surface area contributed by atoms with Crippen LogP contribution in [0.1, 0.15) is 20.8 Å². The molecule has 1 atom stereocenters. The molecule has 1 amide bonds. The molecular weight excluding hydrogens is 356 g/mol. The van der Waals surface area contributed by atoms with Crippen LogP contribution in [0.4, 0.5) is 0 Å². The van der Waals surface area contributed by atoms with Crippen LogP contribution in [0.15, 0.2) is 65.8 Å². The fourth-order valence-corrected chi connectivity index (χ4v) is 3.29. The highest BCUT2D eigenvalue weighted by molar-refractivity contribution is 8.00. The Balaban J connectivity index is 1.95. The zero-order valence-electron chi connectivity index (χ0n) is 15.6. The van der Waals surface area contributed by atoms with Gasteiger partial charge >= 0.3 is 0 Å². The van der Waals surface area contributed by atoms with Gasteiger partial charge in [0, 0.05) is 17.2 Å². The average molecular weight is 379 g/mol. The van der Waals surface area contributed by atoms with Gasteiger partial charge in [0.15, 0.2) is 0 Å². The summed E-state index contributed by atoms with van der Waals surface area (Å²) >= 11 is 1.31. The first-order valence-electron chi connectivity index (χ1n) is 8.87. The molecule has 0 saturated heterocycles. The smallest absolute Gasteiger partial charge is 0.233 e. The maximum atomic E-state index is 12.2. The Morgan fingerprint density at radius 3 is 1.96 bits per heavy atom. The van der Waals surface area contributed by atoms with E-state index in [9.17, 15) is 4.79 Å². The molecule has 1 heterocycles. The molecule has 138 valence electrons. The van der Waals surface area contributed by atoms with E-state index in [0.29, 0.717) is 5.16 Å². The van der Waals surface area contributed by atoms with Crippen LogP contribution in [-0.2, 0) is 4.79 Å². The van der Waals surface area contributed by atoms with Crippen molar-refractivity contribution < 1.29 is 4.79 Å². The summed E-state index contributed by atoms with van der Waals surface area (Å²) in [5, 5.41) is 11.8. The second kappa shape index (κ2) is 8.77. The number of hydrogen-bond acceptors (Lipinski definition) is 5. The van der Waals surface area contributed by atoms with Gasteiger partial charge in [0.2, 0.25) is 11.1 Å². The van der Waals surface area contributed by atoms with Gasteiger partial charge in [-0.3, -0.25) is 4.79 Å². The first kappa shape index (κ1) is 19.0. The minimum atomic E-state index is -0.305. The minimum Gasteiger partial charge on any atom is -0.353 e. The lowest BCUT2D eigenvalue weighted by Gasteiger charge is -2.14. The number of carbonyl (C=O) groups excluding carboxylic acids is 1. The summed E-state index contributed by atoms with van der Waals surface area (Å²) in [7, 11) is 0. The molecule has 0 aliphatic carbocycles. The molecular formula is C21H22N4OS. The molecule has 0 bridgehead atoms. The Morgan fingerprint density at radius 1 is 0.852 bits per heavy atom. The molecule has 3 aromatic rings. The summed E-state index contributed by atoms with van der Waals surface area (Å²) in [6.45, 7) is 5.73. The number of thioether (sulfide) groups is 1. The van der Waals surface area contributed by atoms with E-state index in [1.54, 1.807) is 0 Å². The number of amides is 1. The van der Waals surface area contributed by atoms with Crippen LogP contribution in [0, 0.1) is 0 Å². The van der Waals surface area contributed by atoms with E-state index >= 15 is 0 Å². The van der Waals surface area contributed by atoms with Crippen molar-refractivity contribution in [1.29, 1.82) is 0 Å². The van der Waals surface area contributed by atoms with Crippen LogP contribution in [0.5, 0.6) is 0 Å². The quantitative estimate of drug-likeness (QED) is 0.651. The molecule has 0 aliphatic heterocycles. The van der Waals surface area contributed by atoms with E-state index < -0.39 is 0 Å². The summed E-state index contributed by atoms with van der Waals surface area (Å²) in [6, 6.07) is 19.9. The maximum absolute atomic E-state index is 12.2. The highest BCUT2D eigenvalue weighted by atomic mass is 32.2. The highest BCUT2D eigenvalue weighted by Gasteiger charge is 2.19. The van der Waals surface area contributed by atoms with Crippen molar-refractivity contribution in [2.75, 3.05) is 0 Å². The molecule has 2 aromatic carbocycles. The number of hydrogen-bond donors (Lipinski definition) is 1. The van der Waals surface area contributed by atoms with Crippen molar-refractivity contribution in [2.45, 2.75) is 37.2 Å². The van der Waals surface area contributed by atoms with Crippen LogP contribution in [-0.4, -0.2) is 32.4 Å². The van der Waals surface area contributed by atoms with E-state index in [0.717, 1.165) is 22.5 Å². The van der Waals surface area contributed by atoms with Crippen molar-refractivity contribution in [3.8, 4) is 22.5 Å². The zero-order chi connectivity index (χ0) is 19.2. The molecule has 0 radical (unpaired) electrons. The van der Waals surface area contributed by atoms with Gasteiger partial charge < -0.3 is 5.32 Å². The number of aromatic nitrogens is 3. The second-order valence-corrected chi connectivity index (χ2v) is 7.75.